The van der Waals surface area contributed by atoms with Crippen molar-refractivity contribution in [1.29, 1.82) is 5.41 Å². The first kappa shape index (κ1) is 11.3. The van der Waals surface area contributed by atoms with E-state index in [0.717, 1.165) is 16.0 Å². The minimum absolute atomic E-state index is 0.0426. The molecule has 0 fully saturated rings. The molecular formula is C11H15NOS. The highest BCUT2D eigenvalue weighted by molar-refractivity contribution is 7.98. The van der Waals surface area contributed by atoms with Crippen LogP contribution in [-0.4, -0.2) is 23.7 Å². The van der Waals surface area contributed by atoms with Crippen molar-refractivity contribution in [1.82, 2.24) is 0 Å². The van der Waals surface area contributed by atoms with Gasteiger partial charge in [0.25, 0.3) is 0 Å². The molecular weight excluding hydrogens is 194 g/mol. The molecule has 0 spiro atoms. The molecule has 0 aromatic heterocycles. The Morgan fingerprint density at radius 1 is 1.50 bits per heavy atom. The average Bonchev–Trinajstić information content (AvgIpc) is 2.17. The number of aliphatic hydroxyl groups is 1. The highest BCUT2D eigenvalue weighted by atomic mass is 32.2. The number of rotatable bonds is 4. The number of hydrogen-bond acceptors (Lipinski definition) is 3. The van der Waals surface area contributed by atoms with E-state index in [-0.39, 0.29) is 6.61 Å². The topological polar surface area (TPSA) is 44.1 Å². The molecule has 76 valence electrons. The van der Waals surface area contributed by atoms with Crippen LogP contribution in [0, 0.1) is 12.3 Å². The van der Waals surface area contributed by atoms with Crippen LogP contribution in [0.15, 0.2) is 23.1 Å². The largest absolute Gasteiger partial charge is 0.396 e. The molecule has 1 aromatic carbocycles. The monoisotopic (exact) mass is 209 g/mol. The molecule has 0 aliphatic carbocycles. The van der Waals surface area contributed by atoms with E-state index in [2.05, 4.69) is 0 Å². The lowest BCUT2D eigenvalue weighted by molar-refractivity contribution is 0.307. The molecule has 0 unspecified atom stereocenters. The van der Waals surface area contributed by atoms with Crippen LogP contribution in [-0.2, 0) is 0 Å². The predicted molar refractivity (Wildman–Crippen MR) is 61.5 cm³/mol. The molecule has 2 N–H and O–H groups in total. The maximum absolute atomic E-state index is 8.80. The summed E-state index contributed by atoms with van der Waals surface area (Å²) < 4.78 is 0. The molecule has 3 heteroatoms. The maximum atomic E-state index is 8.80. The zero-order chi connectivity index (χ0) is 10.6. The number of thioether (sulfide) groups is 1. The highest BCUT2D eigenvalue weighted by Gasteiger charge is 2.09. The van der Waals surface area contributed by atoms with E-state index < -0.39 is 0 Å². The summed E-state index contributed by atoms with van der Waals surface area (Å²) >= 11 is 1.64. The minimum Gasteiger partial charge on any atom is -0.396 e. The van der Waals surface area contributed by atoms with Crippen molar-refractivity contribution < 1.29 is 5.11 Å². The lowest BCUT2D eigenvalue weighted by Crippen LogP contribution is -2.05. The standard InChI is InChI=1S/C11H15NOS/c1-8-4-3-5-10(14-2)11(8)9(12)6-7-13/h3-5,12-13H,6-7H2,1-2H3. The SMILES string of the molecule is CSc1cccc(C)c1C(=N)CCO. The Kier molecular flexibility index (Phi) is 4.17. The van der Waals surface area contributed by atoms with E-state index in [9.17, 15) is 0 Å². The van der Waals surface area contributed by atoms with Gasteiger partial charge in [-0.05, 0) is 24.8 Å². The van der Waals surface area contributed by atoms with Crippen LogP contribution >= 0.6 is 11.8 Å². The van der Waals surface area contributed by atoms with Gasteiger partial charge in [-0.1, -0.05) is 12.1 Å². The summed E-state index contributed by atoms with van der Waals surface area (Å²) in [7, 11) is 0. The number of aryl methyl sites for hydroxylation is 1. The second-order valence-electron chi connectivity index (χ2n) is 3.10. The Morgan fingerprint density at radius 3 is 2.79 bits per heavy atom. The van der Waals surface area contributed by atoms with Gasteiger partial charge in [0.05, 0.1) is 0 Å². The van der Waals surface area contributed by atoms with Crippen LogP contribution in [0.5, 0.6) is 0 Å². The molecule has 14 heavy (non-hydrogen) atoms. The smallest absolute Gasteiger partial charge is 0.0486 e. The van der Waals surface area contributed by atoms with Gasteiger partial charge in [-0.2, -0.15) is 0 Å². The van der Waals surface area contributed by atoms with Gasteiger partial charge in [-0.15, -0.1) is 11.8 Å². The zero-order valence-corrected chi connectivity index (χ0v) is 9.32. The Morgan fingerprint density at radius 2 is 2.21 bits per heavy atom. The van der Waals surface area contributed by atoms with Gasteiger partial charge in [0.15, 0.2) is 0 Å². The molecule has 0 radical (unpaired) electrons. The first-order chi connectivity index (χ1) is 6.70. The molecule has 2 nitrogen and oxygen atoms in total. The number of hydrogen-bond donors (Lipinski definition) is 2. The predicted octanol–water partition coefficient (Wildman–Crippen LogP) is 2.47. The van der Waals surface area contributed by atoms with E-state index in [1.807, 2.05) is 31.4 Å². The molecule has 0 heterocycles. The van der Waals surface area contributed by atoms with Gasteiger partial charge in [-0.3, -0.25) is 0 Å². The molecule has 0 atom stereocenters. The van der Waals surface area contributed by atoms with Crippen molar-refractivity contribution in [3.8, 4) is 0 Å². The van der Waals surface area contributed by atoms with Crippen molar-refractivity contribution in [2.24, 2.45) is 0 Å². The molecule has 0 aliphatic rings. The molecule has 1 rings (SSSR count). The second-order valence-corrected chi connectivity index (χ2v) is 3.95. The van der Waals surface area contributed by atoms with Gasteiger partial charge in [0.1, 0.15) is 0 Å². The third-order valence-corrected chi connectivity index (χ3v) is 2.90. The van der Waals surface area contributed by atoms with E-state index in [1.165, 1.54) is 0 Å². The Bertz CT molecular complexity index is 336. The lowest BCUT2D eigenvalue weighted by atomic mass is 10.0. The van der Waals surface area contributed by atoms with Crippen molar-refractivity contribution >= 4 is 17.5 Å². The van der Waals surface area contributed by atoms with E-state index >= 15 is 0 Å². The molecule has 0 saturated heterocycles. The third kappa shape index (κ3) is 2.36. The van der Waals surface area contributed by atoms with Gasteiger partial charge < -0.3 is 10.5 Å². The Balaban J connectivity index is 3.10. The van der Waals surface area contributed by atoms with Crippen molar-refractivity contribution in [2.75, 3.05) is 12.9 Å². The van der Waals surface area contributed by atoms with Crippen molar-refractivity contribution in [3.05, 3.63) is 29.3 Å². The summed E-state index contributed by atoms with van der Waals surface area (Å²) in [5, 5.41) is 16.6. The molecule has 1 aromatic rings. The molecule has 0 bridgehead atoms. The average molecular weight is 209 g/mol. The van der Waals surface area contributed by atoms with Crippen molar-refractivity contribution in [2.45, 2.75) is 18.2 Å². The molecule has 0 aliphatic heterocycles. The quantitative estimate of drug-likeness (QED) is 0.591. The fraction of sp³-hybridized carbons (Fsp3) is 0.364. The van der Waals surface area contributed by atoms with E-state index in [4.69, 9.17) is 10.5 Å². The normalized spacial score (nSPS) is 10.2. The van der Waals surface area contributed by atoms with E-state index in [1.54, 1.807) is 11.8 Å². The molecule has 0 saturated carbocycles. The Labute approximate surface area is 88.9 Å². The highest BCUT2D eigenvalue weighted by Crippen LogP contribution is 2.24. The Hall–Kier alpha value is -0.800. The zero-order valence-electron chi connectivity index (χ0n) is 8.50. The summed E-state index contributed by atoms with van der Waals surface area (Å²) in [6.07, 6.45) is 2.43. The first-order valence-corrected chi connectivity index (χ1v) is 5.75. The van der Waals surface area contributed by atoms with E-state index in [0.29, 0.717) is 12.1 Å². The second kappa shape index (κ2) is 5.17. The van der Waals surface area contributed by atoms with Gasteiger partial charge in [0, 0.05) is 29.2 Å². The summed E-state index contributed by atoms with van der Waals surface area (Å²) in [6.45, 7) is 2.04. The third-order valence-electron chi connectivity index (χ3n) is 2.12. The van der Waals surface area contributed by atoms with Crippen LogP contribution in [0.3, 0.4) is 0 Å². The maximum Gasteiger partial charge on any atom is 0.0486 e. The summed E-state index contributed by atoms with van der Waals surface area (Å²) in [4.78, 5) is 1.11. The molecule has 0 amide bonds. The minimum atomic E-state index is 0.0426. The number of benzene rings is 1. The number of nitrogens with one attached hydrogen (secondary N) is 1. The number of aliphatic hydroxyl groups excluding tert-OH is 1. The van der Waals surface area contributed by atoms with Gasteiger partial charge in [0.2, 0.25) is 0 Å². The summed E-state index contributed by atoms with van der Waals surface area (Å²) in [6, 6.07) is 6.01. The van der Waals surface area contributed by atoms with Crippen molar-refractivity contribution in [3.63, 3.8) is 0 Å². The van der Waals surface area contributed by atoms with Crippen LogP contribution in [0.2, 0.25) is 0 Å². The first-order valence-electron chi connectivity index (χ1n) is 4.53. The van der Waals surface area contributed by atoms with Gasteiger partial charge in [-0.25, -0.2) is 0 Å². The van der Waals surface area contributed by atoms with Crippen LogP contribution < -0.4 is 0 Å². The van der Waals surface area contributed by atoms with Crippen LogP contribution in [0.1, 0.15) is 17.5 Å². The summed E-state index contributed by atoms with van der Waals surface area (Å²) in [5.41, 5.74) is 2.61. The summed E-state index contributed by atoms with van der Waals surface area (Å²) in [5.74, 6) is 0. The fourth-order valence-corrected chi connectivity index (χ4v) is 2.14. The lowest BCUT2D eigenvalue weighted by Gasteiger charge is -2.10. The van der Waals surface area contributed by atoms with Gasteiger partial charge >= 0.3 is 0 Å². The fourth-order valence-electron chi connectivity index (χ4n) is 1.43. The van der Waals surface area contributed by atoms with Crippen LogP contribution in [0.25, 0.3) is 0 Å². The van der Waals surface area contributed by atoms with Crippen LogP contribution in [0.4, 0.5) is 0 Å².